The maximum absolute atomic E-state index is 4.27. The average Bonchev–Trinajstić information content (AvgIpc) is 2.91. The highest BCUT2D eigenvalue weighted by molar-refractivity contribution is 8.20. The van der Waals surface area contributed by atoms with Gasteiger partial charge in [-0.25, -0.2) is 0 Å². The van der Waals surface area contributed by atoms with Crippen LogP contribution < -0.4 is 0 Å². The van der Waals surface area contributed by atoms with Gasteiger partial charge >= 0.3 is 0 Å². The highest BCUT2D eigenvalue weighted by atomic mass is 32.2. The molecule has 1 aliphatic rings. The van der Waals surface area contributed by atoms with Gasteiger partial charge in [0.1, 0.15) is 4.08 Å². The van der Waals surface area contributed by atoms with E-state index in [2.05, 4.69) is 41.4 Å². The van der Waals surface area contributed by atoms with Crippen molar-refractivity contribution < 1.29 is 0 Å². The summed E-state index contributed by atoms with van der Waals surface area (Å²) >= 11 is 4.04. The first-order valence-corrected chi connectivity index (χ1v) is 7.63. The van der Waals surface area contributed by atoms with Crippen LogP contribution in [-0.4, -0.2) is 16.5 Å². The molecular formula is C14H13NS2. The minimum atomic E-state index is 0.0511. The van der Waals surface area contributed by atoms with Gasteiger partial charge in [-0.1, -0.05) is 36.4 Å². The van der Waals surface area contributed by atoms with Gasteiger partial charge in [0.2, 0.25) is 0 Å². The van der Waals surface area contributed by atoms with Crippen molar-refractivity contribution in [1.29, 1.82) is 0 Å². The zero-order valence-electron chi connectivity index (χ0n) is 9.37. The summed E-state index contributed by atoms with van der Waals surface area (Å²) in [6.45, 7) is 0. The Labute approximate surface area is 110 Å². The van der Waals surface area contributed by atoms with Crippen LogP contribution in [0.1, 0.15) is 11.1 Å². The van der Waals surface area contributed by atoms with E-state index in [1.54, 1.807) is 0 Å². The second kappa shape index (κ2) is 4.75. The van der Waals surface area contributed by atoms with Crippen LogP contribution in [0.5, 0.6) is 0 Å². The van der Waals surface area contributed by atoms with Gasteiger partial charge in [0.05, 0.1) is 0 Å². The number of aromatic nitrogens is 1. The Morgan fingerprint density at radius 3 is 2.24 bits per heavy atom. The molecule has 3 heteroatoms. The van der Waals surface area contributed by atoms with Gasteiger partial charge in [0.15, 0.2) is 0 Å². The first-order chi connectivity index (χ1) is 8.42. The molecule has 0 spiro atoms. The molecule has 0 bridgehead atoms. The topological polar surface area (TPSA) is 12.9 Å². The molecule has 1 fully saturated rings. The molecule has 2 aromatic rings. The third-order valence-electron chi connectivity index (χ3n) is 2.89. The Kier molecular flexibility index (Phi) is 3.12. The Morgan fingerprint density at radius 2 is 1.59 bits per heavy atom. The van der Waals surface area contributed by atoms with Crippen LogP contribution in [0.3, 0.4) is 0 Å². The zero-order chi connectivity index (χ0) is 11.6. The number of thioether (sulfide) groups is 2. The number of pyridine rings is 1. The van der Waals surface area contributed by atoms with Crippen LogP contribution in [0.4, 0.5) is 0 Å². The van der Waals surface area contributed by atoms with Crippen molar-refractivity contribution in [3.05, 3.63) is 66.0 Å². The lowest BCUT2D eigenvalue weighted by Gasteiger charge is -2.28. The predicted octanol–water partition coefficient (Wildman–Crippen LogP) is 3.76. The quantitative estimate of drug-likeness (QED) is 0.815. The Morgan fingerprint density at radius 1 is 0.882 bits per heavy atom. The smallest absolute Gasteiger partial charge is 0.113 e. The zero-order valence-corrected chi connectivity index (χ0v) is 11.0. The largest absolute Gasteiger partial charge is 0.264 e. The molecule has 1 nitrogen and oxygen atoms in total. The molecule has 3 rings (SSSR count). The molecule has 0 radical (unpaired) electrons. The molecule has 1 saturated heterocycles. The van der Waals surface area contributed by atoms with Crippen LogP contribution >= 0.6 is 23.5 Å². The number of hydrogen-bond acceptors (Lipinski definition) is 3. The third-order valence-corrected chi connectivity index (χ3v) is 6.43. The number of benzene rings is 1. The normalized spacial score (nSPS) is 18.1. The SMILES string of the molecule is c1ccc(C2(c3cccnc3)SCCS2)cc1. The fourth-order valence-electron chi connectivity index (χ4n) is 2.13. The van der Waals surface area contributed by atoms with E-state index in [-0.39, 0.29) is 4.08 Å². The second-order valence-electron chi connectivity index (χ2n) is 3.92. The van der Waals surface area contributed by atoms with E-state index < -0.39 is 0 Å². The molecule has 0 saturated carbocycles. The number of nitrogens with zero attached hydrogens (tertiary/aromatic N) is 1. The summed E-state index contributed by atoms with van der Waals surface area (Å²) in [5.41, 5.74) is 2.68. The molecule has 1 aromatic heterocycles. The summed E-state index contributed by atoms with van der Waals surface area (Å²) in [6, 6.07) is 15.0. The van der Waals surface area contributed by atoms with E-state index in [0.29, 0.717) is 0 Å². The van der Waals surface area contributed by atoms with Gasteiger partial charge < -0.3 is 0 Å². The minimum absolute atomic E-state index is 0.0511. The first kappa shape index (κ1) is 11.2. The Hall–Kier alpha value is -0.930. The Bertz CT molecular complexity index is 437. The summed E-state index contributed by atoms with van der Waals surface area (Å²) < 4.78 is 0.0511. The van der Waals surface area contributed by atoms with E-state index >= 15 is 0 Å². The van der Waals surface area contributed by atoms with Gasteiger partial charge in [-0.2, -0.15) is 0 Å². The van der Waals surface area contributed by atoms with Crippen molar-refractivity contribution >= 4 is 23.5 Å². The van der Waals surface area contributed by atoms with Crippen LogP contribution in [-0.2, 0) is 4.08 Å². The van der Waals surface area contributed by atoms with Gasteiger partial charge in [-0.05, 0) is 11.6 Å². The van der Waals surface area contributed by atoms with Crippen molar-refractivity contribution in [3.8, 4) is 0 Å². The van der Waals surface area contributed by atoms with E-state index in [4.69, 9.17) is 0 Å². The van der Waals surface area contributed by atoms with Crippen molar-refractivity contribution in [2.45, 2.75) is 4.08 Å². The molecule has 2 heterocycles. The van der Waals surface area contributed by atoms with Gasteiger partial charge in [-0.15, -0.1) is 23.5 Å². The van der Waals surface area contributed by atoms with Crippen LogP contribution in [0.2, 0.25) is 0 Å². The number of hydrogen-bond donors (Lipinski definition) is 0. The highest BCUT2D eigenvalue weighted by Gasteiger charge is 2.39. The molecular weight excluding hydrogens is 246 g/mol. The Balaban J connectivity index is 2.11. The molecule has 0 atom stereocenters. The molecule has 17 heavy (non-hydrogen) atoms. The van der Waals surface area contributed by atoms with Crippen molar-refractivity contribution in [1.82, 2.24) is 4.98 Å². The fraction of sp³-hybridized carbons (Fsp3) is 0.214. The van der Waals surface area contributed by atoms with Crippen molar-refractivity contribution in [2.24, 2.45) is 0 Å². The van der Waals surface area contributed by atoms with E-state index in [1.165, 1.54) is 22.6 Å². The predicted molar refractivity (Wildman–Crippen MR) is 76.4 cm³/mol. The van der Waals surface area contributed by atoms with Crippen molar-refractivity contribution in [3.63, 3.8) is 0 Å². The average molecular weight is 259 g/mol. The maximum Gasteiger partial charge on any atom is 0.113 e. The van der Waals surface area contributed by atoms with Gasteiger partial charge in [0, 0.05) is 29.5 Å². The van der Waals surface area contributed by atoms with E-state index in [1.807, 2.05) is 42.0 Å². The second-order valence-corrected chi connectivity index (χ2v) is 6.80. The summed E-state index contributed by atoms with van der Waals surface area (Å²) in [5.74, 6) is 2.41. The molecule has 86 valence electrons. The first-order valence-electron chi connectivity index (χ1n) is 5.66. The molecule has 0 unspecified atom stereocenters. The van der Waals surface area contributed by atoms with Crippen molar-refractivity contribution in [2.75, 3.05) is 11.5 Å². The monoisotopic (exact) mass is 259 g/mol. The fourth-order valence-corrected chi connectivity index (χ4v) is 5.38. The number of rotatable bonds is 2. The van der Waals surface area contributed by atoms with Crippen LogP contribution in [0.15, 0.2) is 54.9 Å². The lowest BCUT2D eigenvalue weighted by molar-refractivity contribution is 1.06. The minimum Gasteiger partial charge on any atom is -0.264 e. The summed E-state index contributed by atoms with van der Waals surface area (Å²) in [7, 11) is 0. The third kappa shape index (κ3) is 1.98. The van der Waals surface area contributed by atoms with Gasteiger partial charge in [0.25, 0.3) is 0 Å². The molecule has 1 aliphatic heterocycles. The van der Waals surface area contributed by atoms with Crippen LogP contribution in [0.25, 0.3) is 0 Å². The maximum atomic E-state index is 4.27. The lowest BCUT2D eigenvalue weighted by Crippen LogP contribution is -2.16. The molecule has 0 amide bonds. The summed E-state index contributed by atoms with van der Waals surface area (Å²) in [5, 5.41) is 0. The molecule has 0 aliphatic carbocycles. The van der Waals surface area contributed by atoms with E-state index in [0.717, 1.165) is 0 Å². The highest BCUT2D eigenvalue weighted by Crippen LogP contribution is 2.55. The standard InChI is InChI=1S/C14H13NS2/c1-2-5-12(6-3-1)14(16-9-10-17-14)13-7-4-8-15-11-13/h1-8,11H,9-10H2. The van der Waals surface area contributed by atoms with E-state index in [9.17, 15) is 0 Å². The van der Waals surface area contributed by atoms with Gasteiger partial charge in [-0.3, -0.25) is 4.98 Å². The molecule has 0 N–H and O–H groups in total. The molecule has 1 aromatic carbocycles. The summed E-state index contributed by atoms with van der Waals surface area (Å²) in [4.78, 5) is 4.27. The lowest BCUT2D eigenvalue weighted by atomic mass is 10.1. The van der Waals surface area contributed by atoms with Crippen LogP contribution in [0, 0.1) is 0 Å². The summed E-state index contributed by atoms with van der Waals surface area (Å²) in [6.07, 6.45) is 3.84.